The largest absolute Gasteiger partial charge is 0.434 e. The van der Waals surface area contributed by atoms with Gasteiger partial charge in [0.05, 0.1) is 11.6 Å². The molecule has 0 aliphatic rings. The van der Waals surface area contributed by atoms with E-state index >= 15 is 0 Å². The Morgan fingerprint density at radius 2 is 1.96 bits per heavy atom. The molecule has 27 heavy (non-hydrogen) atoms. The smallest absolute Gasteiger partial charge is 0.357 e. The van der Waals surface area contributed by atoms with Crippen molar-refractivity contribution in [2.75, 3.05) is 13.1 Å². The van der Waals surface area contributed by atoms with Crippen molar-refractivity contribution in [3.8, 4) is 0 Å². The van der Waals surface area contributed by atoms with Crippen LogP contribution in [0.5, 0.6) is 0 Å². The second kappa shape index (κ2) is 10.8. The molecule has 0 bridgehead atoms. The van der Waals surface area contributed by atoms with Crippen LogP contribution in [0.15, 0.2) is 28.6 Å². The highest BCUT2D eigenvalue weighted by Gasteiger charge is 2.33. The molecule has 2 aromatic rings. The number of halogens is 4. The second-order valence-electron chi connectivity index (χ2n) is 5.93. The molecule has 0 amide bonds. The quantitative estimate of drug-likeness (QED) is 0.336. The maximum absolute atomic E-state index is 12.6. The van der Waals surface area contributed by atoms with Crippen molar-refractivity contribution in [1.29, 1.82) is 0 Å². The summed E-state index contributed by atoms with van der Waals surface area (Å²) in [6.07, 6.45) is -3.97. The van der Waals surface area contributed by atoms with Gasteiger partial charge in [0, 0.05) is 24.9 Å². The Labute approximate surface area is 178 Å². The Hall–Kier alpha value is -1.36. The Bertz CT molecular complexity index is 759. The normalized spacial score (nSPS) is 11.9. The van der Waals surface area contributed by atoms with Gasteiger partial charge in [-0.3, -0.25) is 0 Å². The van der Waals surface area contributed by atoms with E-state index in [0.717, 1.165) is 22.3 Å². The van der Waals surface area contributed by atoms with Crippen molar-refractivity contribution in [3.05, 3.63) is 51.0 Å². The first kappa shape index (κ1) is 23.7. The SMILES string of the molecule is CCNC(=NCc1ccc(C)cc1C)NCCc1nc(C(F)(F)F)cs1.I. The number of nitrogens with one attached hydrogen (secondary N) is 2. The summed E-state index contributed by atoms with van der Waals surface area (Å²) in [7, 11) is 0. The maximum atomic E-state index is 12.6. The summed E-state index contributed by atoms with van der Waals surface area (Å²) in [4.78, 5) is 8.18. The lowest BCUT2D eigenvalue weighted by molar-refractivity contribution is -0.140. The van der Waals surface area contributed by atoms with Crippen LogP contribution in [0.1, 0.15) is 34.3 Å². The fourth-order valence-electron chi connectivity index (χ4n) is 2.37. The fourth-order valence-corrected chi connectivity index (χ4v) is 3.18. The van der Waals surface area contributed by atoms with Crippen LogP contribution in [0.2, 0.25) is 0 Å². The van der Waals surface area contributed by atoms with Gasteiger partial charge in [0.25, 0.3) is 0 Å². The van der Waals surface area contributed by atoms with Crippen molar-refractivity contribution in [3.63, 3.8) is 0 Å². The van der Waals surface area contributed by atoms with Crippen LogP contribution in [-0.4, -0.2) is 24.0 Å². The van der Waals surface area contributed by atoms with Gasteiger partial charge < -0.3 is 10.6 Å². The summed E-state index contributed by atoms with van der Waals surface area (Å²) < 4.78 is 37.7. The van der Waals surface area contributed by atoms with E-state index in [0.29, 0.717) is 37.0 Å². The zero-order chi connectivity index (χ0) is 19.2. The number of rotatable bonds is 6. The molecule has 2 rings (SSSR count). The highest BCUT2D eigenvalue weighted by molar-refractivity contribution is 14.0. The van der Waals surface area contributed by atoms with Crippen LogP contribution in [0, 0.1) is 13.8 Å². The van der Waals surface area contributed by atoms with Gasteiger partial charge in [0.2, 0.25) is 0 Å². The second-order valence-corrected chi connectivity index (χ2v) is 6.87. The number of alkyl halides is 3. The van der Waals surface area contributed by atoms with Crippen molar-refractivity contribution in [1.82, 2.24) is 15.6 Å². The van der Waals surface area contributed by atoms with Gasteiger partial charge in [0.1, 0.15) is 0 Å². The van der Waals surface area contributed by atoms with Crippen LogP contribution in [-0.2, 0) is 19.1 Å². The lowest BCUT2D eigenvalue weighted by Gasteiger charge is -2.11. The Balaban J connectivity index is 0.00000364. The predicted molar refractivity (Wildman–Crippen MR) is 115 cm³/mol. The highest BCUT2D eigenvalue weighted by Crippen LogP contribution is 2.29. The number of hydrogen-bond donors (Lipinski definition) is 2. The van der Waals surface area contributed by atoms with Crippen LogP contribution < -0.4 is 10.6 Å². The van der Waals surface area contributed by atoms with E-state index in [1.807, 2.05) is 6.92 Å². The lowest BCUT2D eigenvalue weighted by Crippen LogP contribution is -2.38. The summed E-state index contributed by atoms with van der Waals surface area (Å²) in [5.41, 5.74) is 2.71. The Morgan fingerprint density at radius 1 is 1.22 bits per heavy atom. The highest BCUT2D eigenvalue weighted by atomic mass is 127. The van der Waals surface area contributed by atoms with E-state index in [2.05, 4.69) is 52.7 Å². The standard InChI is InChI=1S/C18H23F3N4S.HI/c1-4-22-17(24-10-14-6-5-12(2)9-13(14)3)23-8-7-16-25-15(11-26-16)18(19,20)21;/h5-6,9,11H,4,7-8,10H2,1-3H3,(H2,22,23,24);1H. The molecule has 0 fully saturated rings. The number of nitrogens with zero attached hydrogens (tertiary/aromatic N) is 2. The fraction of sp³-hybridized carbons (Fsp3) is 0.444. The molecule has 1 aromatic heterocycles. The molecule has 9 heteroatoms. The Morgan fingerprint density at radius 3 is 2.56 bits per heavy atom. The number of aliphatic imine (C=N–C) groups is 1. The lowest BCUT2D eigenvalue weighted by atomic mass is 10.1. The average Bonchev–Trinajstić information content (AvgIpc) is 3.03. The number of hydrogen-bond acceptors (Lipinski definition) is 3. The third-order valence-corrected chi connectivity index (χ3v) is 4.63. The summed E-state index contributed by atoms with van der Waals surface area (Å²) in [6.45, 7) is 7.77. The van der Waals surface area contributed by atoms with Gasteiger partial charge in [-0.15, -0.1) is 35.3 Å². The molecule has 0 saturated carbocycles. The molecule has 0 spiro atoms. The topological polar surface area (TPSA) is 49.3 Å². The van der Waals surface area contributed by atoms with Gasteiger partial charge in [0.15, 0.2) is 11.7 Å². The molecular weight excluding hydrogens is 488 g/mol. The van der Waals surface area contributed by atoms with Gasteiger partial charge in [-0.1, -0.05) is 23.8 Å². The minimum Gasteiger partial charge on any atom is -0.357 e. The van der Waals surface area contributed by atoms with E-state index in [1.165, 1.54) is 11.1 Å². The van der Waals surface area contributed by atoms with Crippen LogP contribution in [0.4, 0.5) is 13.2 Å². The maximum Gasteiger partial charge on any atom is 0.434 e. The molecule has 4 nitrogen and oxygen atoms in total. The molecule has 0 aliphatic carbocycles. The van der Waals surface area contributed by atoms with Crippen LogP contribution in [0.25, 0.3) is 0 Å². The first-order valence-corrected chi connectivity index (χ1v) is 9.27. The number of guanidine groups is 1. The van der Waals surface area contributed by atoms with E-state index in [4.69, 9.17) is 0 Å². The van der Waals surface area contributed by atoms with Crippen molar-refractivity contribution < 1.29 is 13.2 Å². The van der Waals surface area contributed by atoms with E-state index in [9.17, 15) is 13.2 Å². The van der Waals surface area contributed by atoms with Gasteiger partial charge in [-0.05, 0) is 31.9 Å². The molecule has 0 aliphatic heterocycles. The molecule has 0 radical (unpaired) electrons. The van der Waals surface area contributed by atoms with Crippen molar-refractivity contribution in [2.24, 2.45) is 4.99 Å². The third kappa shape index (κ3) is 7.65. The first-order valence-electron chi connectivity index (χ1n) is 8.39. The van der Waals surface area contributed by atoms with Crippen LogP contribution >= 0.6 is 35.3 Å². The van der Waals surface area contributed by atoms with Crippen molar-refractivity contribution in [2.45, 2.75) is 39.9 Å². The van der Waals surface area contributed by atoms with Crippen molar-refractivity contribution >= 4 is 41.3 Å². The summed E-state index contributed by atoms with van der Waals surface area (Å²) in [5, 5.41) is 7.79. The minimum absolute atomic E-state index is 0. The molecule has 2 N–H and O–H groups in total. The van der Waals surface area contributed by atoms with E-state index in [-0.39, 0.29) is 24.0 Å². The zero-order valence-electron chi connectivity index (χ0n) is 15.5. The number of benzene rings is 1. The molecule has 0 unspecified atom stereocenters. The summed E-state index contributed by atoms with van der Waals surface area (Å²) >= 11 is 1.02. The molecular formula is C18H24F3IN4S. The molecule has 0 atom stereocenters. The number of aryl methyl sites for hydroxylation is 2. The number of aromatic nitrogens is 1. The van der Waals surface area contributed by atoms with Gasteiger partial charge >= 0.3 is 6.18 Å². The average molecular weight is 512 g/mol. The van der Waals surface area contributed by atoms with E-state index in [1.54, 1.807) is 0 Å². The first-order chi connectivity index (χ1) is 12.3. The third-order valence-electron chi connectivity index (χ3n) is 3.72. The Kier molecular flexibility index (Phi) is 9.51. The van der Waals surface area contributed by atoms with Gasteiger partial charge in [-0.25, -0.2) is 9.98 Å². The molecule has 1 aromatic carbocycles. The predicted octanol–water partition coefficient (Wildman–Crippen LogP) is 4.69. The summed E-state index contributed by atoms with van der Waals surface area (Å²) in [5.74, 6) is 0.639. The molecule has 1 heterocycles. The van der Waals surface area contributed by atoms with E-state index < -0.39 is 11.9 Å². The number of thiazole rings is 1. The monoisotopic (exact) mass is 512 g/mol. The zero-order valence-corrected chi connectivity index (χ0v) is 18.6. The van der Waals surface area contributed by atoms with Gasteiger partial charge in [-0.2, -0.15) is 13.2 Å². The van der Waals surface area contributed by atoms with Crippen LogP contribution in [0.3, 0.4) is 0 Å². The summed E-state index contributed by atoms with van der Waals surface area (Å²) in [6, 6.07) is 6.23. The molecule has 0 saturated heterocycles. The molecule has 150 valence electrons. The minimum atomic E-state index is -4.38.